The normalized spacial score (nSPS) is 26.1. The van der Waals surface area contributed by atoms with Gasteiger partial charge in [0.15, 0.2) is 8.32 Å². The summed E-state index contributed by atoms with van der Waals surface area (Å²) in [5.74, 6) is 0. The van der Waals surface area contributed by atoms with Crippen molar-refractivity contribution >= 4 is 8.32 Å². The molecule has 1 aliphatic rings. The van der Waals surface area contributed by atoms with E-state index in [9.17, 15) is 5.11 Å². The summed E-state index contributed by atoms with van der Waals surface area (Å²) >= 11 is 0. The molecule has 0 spiro atoms. The number of nitrogens with zero attached hydrogens (tertiary/aromatic N) is 1. The van der Waals surface area contributed by atoms with Crippen LogP contribution in [0.15, 0.2) is 0 Å². The molecule has 0 aliphatic heterocycles. The number of hydrogen-bond acceptors (Lipinski definition) is 3. The fourth-order valence-electron chi connectivity index (χ4n) is 2.63. The molecule has 0 amide bonds. The van der Waals surface area contributed by atoms with E-state index in [-0.39, 0.29) is 12.2 Å². The predicted octanol–water partition coefficient (Wildman–Crippen LogP) is 3.60. The molecule has 0 unspecified atom stereocenters. The second-order valence-corrected chi connectivity index (χ2v) is 10.2. The third-order valence-corrected chi connectivity index (χ3v) is 6.20. The Kier molecular flexibility index (Phi) is 6.91. The summed E-state index contributed by atoms with van der Waals surface area (Å²) in [5.41, 5.74) is 0. The summed E-state index contributed by atoms with van der Waals surface area (Å²) in [7, 11) is -1.72. The van der Waals surface area contributed by atoms with Gasteiger partial charge in [-0.2, -0.15) is 5.26 Å². The minimum atomic E-state index is -1.72. The first-order valence-corrected chi connectivity index (χ1v) is 10.4. The van der Waals surface area contributed by atoms with Crippen molar-refractivity contribution < 1.29 is 9.53 Å². The molecule has 0 aromatic rings. The lowest BCUT2D eigenvalue weighted by Crippen LogP contribution is -2.41. The Hall–Kier alpha value is -0.373. The monoisotopic (exact) mass is 269 g/mol. The molecule has 4 heteroatoms. The molecule has 0 bridgehead atoms. The van der Waals surface area contributed by atoms with Crippen LogP contribution in [-0.4, -0.2) is 25.6 Å². The van der Waals surface area contributed by atoms with Crippen LogP contribution in [0.4, 0.5) is 0 Å². The van der Waals surface area contributed by atoms with Gasteiger partial charge in [-0.25, -0.2) is 0 Å². The summed E-state index contributed by atoms with van der Waals surface area (Å²) in [6.45, 7) is 4.41. The van der Waals surface area contributed by atoms with Gasteiger partial charge in [0.2, 0.25) is 0 Å². The van der Waals surface area contributed by atoms with Crippen molar-refractivity contribution in [3.63, 3.8) is 0 Å². The summed E-state index contributed by atoms with van der Waals surface area (Å²) in [5, 5.41) is 18.7. The van der Waals surface area contributed by atoms with Gasteiger partial charge < -0.3 is 9.53 Å². The fraction of sp³-hybridized carbons (Fsp3) is 0.929. The highest BCUT2D eigenvalue weighted by atomic mass is 28.4. The highest BCUT2D eigenvalue weighted by Crippen LogP contribution is 2.25. The number of aliphatic hydroxyl groups excluding tert-OH is 1. The van der Waals surface area contributed by atoms with Crippen molar-refractivity contribution in [2.75, 3.05) is 0 Å². The molecule has 0 aromatic carbocycles. The summed E-state index contributed by atoms with van der Waals surface area (Å²) in [6.07, 6.45) is 7.98. The van der Waals surface area contributed by atoms with Crippen molar-refractivity contribution in [2.45, 2.75) is 82.7 Å². The molecule has 104 valence electrons. The maximum Gasteiger partial charge on any atom is 0.187 e. The van der Waals surface area contributed by atoms with E-state index in [1.807, 2.05) is 0 Å². The molecule has 1 fully saturated rings. The predicted molar refractivity (Wildman–Crippen MR) is 75.7 cm³/mol. The van der Waals surface area contributed by atoms with Crippen LogP contribution in [0, 0.1) is 11.3 Å². The molecule has 1 rings (SSSR count). The standard InChI is InChI=1S/C14H27NO2Si/c1-18(2,12-8-7-11-15)17-14-10-6-4-3-5-9-13(14)16/h13-14,16H,3-10,12H2,1-2H3/t13-,14+/m1/s1. The van der Waals surface area contributed by atoms with Gasteiger partial charge in [-0.3, -0.25) is 0 Å². The molecule has 3 nitrogen and oxygen atoms in total. The van der Waals surface area contributed by atoms with E-state index in [2.05, 4.69) is 19.2 Å². The van der Waals surface area contributed by atoms with Crippen molar-refractivity contribution in [1.29, 1.82) is 5.26 Å². The van der Waals surface area contributed by atoms with E-state index < -0.39 is 8.32 Å². The molecular formula is C14H27NO2Si. The lowest BCUT2D eigenvalue weighted by Gasteiger charge is -2.33. The number of unbranched alkanes of at least 4 members (excludes halogenated alkanes) is 1. The topological polar surface area (TPSA) is 53.2 Å². The number of rotatable bonds is 5. The second kappa shape index (κ2) is 7.93. The Morgan fingerprint density at radius 1 is 1.22 bits per heavy atom. The Labute approximate surface area is 112 Å². The van der Waals surface area contributed by atoms with E-state index in [0.29, 0.717) is 6.42 Å². The minimum Gasteiger partial charge on any atom is -0.412 e. The lowest BCUT2D eigenvalue weighted by atomic mass is 9.96. The van der Waals surface area contributed by atoms with Crippen molar-refractivity contribution in [2.24, 2.45) is 0 Å². The van der Waals surface area contributed by atoms with Gasteiger partial charge in [0.05, 0.1) is 18.3 Å². The molecule has 1 saturated carbocycles. The molecule has 1 N–H and O–H groups in total. The van der Waals surface area contributed by atoms with Gasteiger partial charge in [-0.1, -0.05) is 25.7 Å². The first kappa shape index (κ1) is 15.7. The molecule has 0 heterocycles. The summed E-state index contributed by atoms with van der Waals surface area (Å²) < 4.78 is 6.25. The molecule has 18 heavy (non-hydrogen) atoms. The first-order valence-electron chi connectivity index (χ1n) is 7.28. The molecule has 1 aliphatic carbocycles. The van der Waals surface area contributed by atoms with Crippen LogP contribution in [0.5, 0.6) is 0 Å². The smallest absolute Gasteiger partial charge is 0.187 e. The maximum absolute atomic E-state index is 10.2. The Bertz CT molecular complexity index is 275. The SMILES string of the molecule is C[Si](C)(CCCC#N)O[C@H]1CCCCCC[C@H]1O. The van der Waals surface area contributed by atoms with Gasteiger partial charge in [-0.15, -0.1) is 0 Å². The summed E-state index contributed by atoms with van der Waals surface area (Å²) in [4.78, 5) is 0. The van der Waals surface area contributed by atoms with E-state index in [1.54, 1.807) is 0 Å². The molecule has 0 radical (unpaired) electrons. The first-order chi connectivity index (χ1) is 8.55. The number of aliphatic hydroxyl groups is 1. The average Bonchev–Trinajstić information content (AvgIpc) is 2.29. The van der Waals surface area contributed by atoms with Gasteiger partial charge >= 0.3 is 0 Å². The highest BCUT2D eigenvalue weighted by molar-refractivity contribution is 6.71. The summed E-state index contributed by atoms with van der Waals surface area (Å²) in [6, 6.07) is 3.21. The zero-order valence-corrected chi connectivity index (χ0v) is 12.8. The Morgan fingerprint density at radius 3 is 2.56 bits per heavy atom. The van der Waals surface area contributed by atoms with Gasteiger partial charge in [0.1, 0.15) is 0 Å². The molecule has 0 aromatic heterocycles. The quantitative estimate of drug-likeness (QED) is 0.613. The number of hydrogen-bond donors (Lipinski definition) is 1. The molecule has 0 saturated heterocycles. The van der Waals surface area contributed by atoms with Gasteiger partial charge in [0.25, 0.3) is 0 Å². The van der Waals surface area contributed by atoms with Crippen LogP contribution in [0.3, 0.4) is 0 Å². The van der Waals surface area contributed by atoms with E-state index >= 15 is 0 Å². The van der Waals surface area contributed by atoms with Crippen molar-refractivity contribution in [3.05, 3.63) is 0 Å². The zero-order valence-electron chi connectivity index (χ0n) is 11.8. The number of nitriles is 1. The fourth-order valence-corrected chi connectivity index (χ4v) is 4.87. The van der Waals surface area contributed by atoms with Crippen LogP contribution in [0.1, 0.15) is 51.4 Å². The van der Waals surface area contributed by atoms with E-state index in [1.165, 1.54) is 19.3 Å². The van der Waals surface area contributed by atoms with Crippen LogP contribution in [-0.2, 0) is 4.43 Å². The third-order valence-electron chi connectivity index (χ3n) is 3.71. The lowest BCUT2D eigenvalue weighted by molar-refractivity contribution is 0.0133. The van der Waals surface area contributed by atoms with Gasteiger partial charge in [-0.05, 0) is 38.4 Å². The minimum absolute atomic E-state index is 0.0362. The van der Waals surface area contributed by atoms with Crippen LogP contribution >= 0.6 is 0 Å². The Balaban J connectivity index is 2.43. The largest absolute Gasteiger partial charge is 0.412 e. The van der Waals surface area contributed by atoms with Crippen molar-refractivity contribution in [1.82, 2.24) is 0 Å². The Morgan fingerprint density at radius 2 is 1.89 bits per heavy atom. The zero-order chi connectivity index (χ0) is 13.4. The highest BCUT2D eigenvalue weighted by Gasteiger charge is 2.30. The van der Waals surface area contributed by atoms with E-state index in [4.69, 9.17) is 9.69 Å². The molecule has 2 atom stereocenters. The van der Waals surface area contributed by atoms with Gasteiger partial charge in [0, 0.05) is 6.42 Å². The molecular weight excluding hydrogens is 242 g/mol. The van der Waals surface area contributed by atoms with Crippen LogP contribution in [0.25, 0.3) is 0 Å². The van der Waals surface area contributed by atoms with Crippen LogP contribution < -0.4 is 0 Å². The van der Waals surface area contributed by atoms with Crippen LogP contribution in [0.2, 0.25) is 19.1 Å². The van der Waals surface area contributed by atoms with E-state index in [0.717, 1.165) is 31.7 Å². The third kappa shape index (κ3) is 5.99. The van der Waals surface area contributed by atoms with Crippen molar-refractivity contribution in [3.8, 4) is 6.07 Å². The second-order valence-electron chi connectivity index (χ2n) is 5.99. The average molecular weight is 269 g/mol. The maximum atomic E-state index is 10.2.